The number of nitriles is 2. The summed E-state index contributed by atoms with van der Waals surface area (Å²) in [5.41, 5.74) is 0.133. The molecule has 2 nitrogen and oxygen atoms in total. The minimum absolute atomic E-state index is 0.133. The first kappa shape index (κ1) is 7.46. The molecule has 0 saturated heterocycles. The van der Waals surface area contributed by atoms with E-state index in [1.165, 1.54) is 6.08 Å². The fourth-order valence-electron chi connectivity index (χ4n) is 0.292. The molecule has 0 saturated carbocycles. The molecular weight excluding hydrogens is 112 g/mol. The summed E-state index contributed by atoms with van der Waals surface area (Å²) >= 11 is 0. The van der Waals surface area contributed by atoms with Crippen LogP contribution in [0.25, 0.3) is 0 Å². The van der Waals surface area contributed by atoms with Crippen LogP contribution in [0.5, 0.6) is 0 Å². The Kier molecular flexibility index (Phi) is 3.83. The Morgan fingerprint density at radius 1 is 1.33 bits per heavy atom. The van der Waals surface area contributed by atoms with Crippen LogP contribution in [0.3, 0.4) is 0 Å². The van der Waals surface area contributed by atoms with Crippen LogP contribution in [0.15, 0.2) is 23.8 Å². The van der Waals surface area contributed by atoms with Gasteiger partial charge in [0.25, 0.3) is 0 Å². The highest BCUT2D eigenvalue weighted by molar-refractivity contribution is 5.37. The lowest BCUT2D eigenvalue weighted by Crippen LogP contribution is -1.66. The number of nitrogens with zero attached hydrogens (tertiary/aromatic N) is 2. The van der Waals surface area contributed by atoms with Crippen LogP contribution in [0.4, 0.5) is 0 Å². The molecule has 0 aromatic rings. The fraction of sp³-hybridized carbons (Fsp3) is 0.143. The van der Waals surface area contributed by atoms with Crippen molar-refractivity contribution in [3.05, 3.63) is 23.8 Å². The second-order valence-corrected chi connectivity index (χ2v) is 1.33. The maximum atomic E-state index is 8.18. The zero-order valence-corrected chi connectivity index (χ0v) is 5.13. The molecule has 0 spiro atoms. The van der Waals surface area contributed by atoms with E-state index in [2.05, 4.69) is 0 Å². The molecule has 0 radical (unpaired) electrons. The molecule has 0 rings (SSSR count). The van der Waals surface area contributed by atoms with E-state index in [9.17, 15) is 0 Å². The van der Waals surface area contributed by atoms with Crippen LogP contribution in [0.2, 0.25) is 0 Å². The first-order valence-electron chi connectivity index (χ1n) is 2.48. The molecule has 0 fully saturated rings. The topological polar surface area (TPSA) is 47.6 Å². The molecule has 0 aliphatic carbocycles. The third-order valence-electron chi connectivity index (χ3n) is 0.696. The van der Waals surface area contributed by atoms with E-state index in [0.717, 1.165) is 0 Å². The monoisotopic (exact) mass is 118 g/mol. The average Bonchev–Trinajstić information content (AvgIpc) is 1.91. The van der Waals surface area contributed by atoms with E-state index in [-0.39, 0.29) is 5.57 Å². The molecule has 0 aliphatic heterocycles. The maximum absolute atomic E-state index is 8.18. The van der Waals surface area contributed by atoms with Gasteiger partial charge in [-0.3, -0.25) is 0 Å². The number of allylic oxidation sites excluding steroid dienone is 4. The van der Waals surface area contributed by atoms with Crippen molar-refractivity contribution in [1.82, 2.24) is 0 Å². The van der Waals surface area contributed by atoms with E-state index in [1.54, 1.807) is 24.3 Å². The number of rotatable bonds is 1. The molecule has 9 heavy (non-hydrogen) atoms. The quantitative estimate of drug-likeness (QED) is 0.387. The third-order valence-corrected chi connectivity index (χ3v) is 0.696. The highest BCUT2D eigenvalue weighted by Gasteiger charge is 1.83. The smallest absolute Gasteiger partial charge is 0.129 e. The Hall–Kier alpha value is -1.54. The Bertz CT molecular complexity index is 194. The molecule has 0 N–H and O–H groups in total. The molecule has 0 heterocycles. The second kappa shape index (κ2) is 4.61. The number of hydrogen-bond donors (Lipinski definition) is 0. The van der Waals surface area contributed by atoms with E-state index in [0.29, 0.717) is 0 Å². The van der Waals surface area contributed by atoms with Gasteiger partial charge in [-0.05, 0) is 13.0 Å². The van der Waals surface area contributed by atoms with Crippen molar-refractivity contribution in [2.24, 2.45) is 0 Å². The van der Waals surface area contributed by atoms with Crippen LogP contribution >= 0.6 is 0 Å². The molecule has 0 aliphatic rings. The molecule has 0 bridgehead atoms. The molecule has 0 unspecified atom stereocenters. The standard InChI is InChI=1S/C7H6N2/c1-2-3-4-7(5-8)6-9/h2-4H,1H3/b3-2-. The Morgan fingerprint density at radius 2 is 1.89 bits per heavy atom. The average molecular weight is 118 g/mol. The van der Waals surface area contributed by atoms with E-state index in [4.69, 9.17) is 10.5 Å². The minimum atomic E-state index is 0.133. The van der Waals surface area contributed by atoms with Crippen molar-refractivity contribution in [3.8, 4) is 12.1 Å². The van der Waals surface area contributed by atoms with Crippen LogP contribution in [-0.4, -0.2) is 0 Å². The van der Waals surface area contributed by atoms with Gasteiger partial charge >= 0.3 is 0 Å². The van der Waals surface area contributed by atoms with Gasteiger partial charge in [0, 0.05) is 0 Å². The highest BCUT2D eigenvalue weighted by Crippen LogP contribution is 1.88. The van der Waals surface area contributed by atoms with Crippen molar-refractivity contribution >= 4 is 0 Å². The van der Waals surface area contributed by atoms with Crippen molar-refractivity contribution in [2.75, 3.05) is 0 Å². The van der Waals surface area contributed by atoms with Crippen LogP contribution in [-0.2, 0) is 0 Å². The van der Waals surface area contributed by atoms with Gasteiger partial charge in [-0.1, -0.05) is 12.2 Å². The van der Waals surface area contributed by atoms with Gasteiger partial charge < -0.3 is 0 Å². The van der Waals surface area contributed by atoms with Crippen molar-refractivity contribution in [1.29, 1.82) is 10.5 Å². The van der Waals surface area contributed by atoms with Crippen LogP contribution in [0.1, 0.15) is 6.92 Å². The lowest BCUT2D eigenvalue weighted by Gasteiger charge is -1.72. The predicted molar refractivity (Wildman–Crippen MR) is 34.1 cm³/mol. The van der Waals surface area contributed by atoms with Gasteiger partial charge in [-0.15, -0.1) is 0 Å². The zero-order chi connectivity index (χ0) is 7.11. The number of hydrogen-bond acceptors (Lipinski definition) is 2. The van der Waals surface area contributed by atoms with Gasteiger partial charge in [0.2, 0.25) is 0 Å². The van der Waals surface area contributed by atoms with E-state index >= 15 is 0 Å². The van der Waals surface area contributed by atoms with Crippen molar-refractivity contribution < 1.29 is 0 Å². The minimum Gasteiger partial charge on any atom is -0.192 e. The summed E-state index contributed by atoms with van der Waals surface area (Å²) in [4.78, 5) is 0. The van der Waals surface area contributed by atoms with Crippen molar-refractivity contribution in [3.63, 3.8) is 0 Å². The predicted octanol–water partition coefficient (Wildman–Crippen LogP) is 1.54. The lowest BCUT2D eigenvalue weighted by molar-refractivity contribution is 1.46. The van der Waals surface area contributed by atoms with Crippen molar-refractivity contribution in [2.45, 2.75) is 6.92 Å². The maximum Gasteiger partial charge on any atom is 0.129 e. The van der Waals surface area contributed by atoms with Gasteiger partial charge in [-0.2, -0.15) is 10.5 Å². The van der Waals surface area contributed by atoms with Crippen LogP contribution < -0.4 is 0 Å². The summed E-state index contributed by atoms with van der Waals surface area (Å²) in [6.07, 6.45) is 4.89. The summed E-state index contributed by atoms with van der Waals surface area (Å²) in [7, 11) is 0. The second-order valence-electron chi connectivity index (χ2n) is 1.33. The Labute approximate surface area is 54.3 Å². The molecule has 0 aromatic carbocycles. The lowest BCUT2D eigenvalue weighted by atomic mass is 10.3. The van der Waals surface area contributed by atoms with Gasteiger partial charge in [0.15, 0.2) is 0 Å². The first-order chi connectivity index (χ1) is 4.35. The summed E-state index contributed by atoms with van der Waals surface area (Å²) in [6, 6.07) is 3.47. The van der Waals surface area contributed by atoms with E-state index in [1.807, 2.05) is 6.92 Å². The first-order valence-corrected chi connectivity index (χ1v) is 2.48. The molecular formula is C7H6N2. The summed E-state index contributed by atoms with van der Waals surface area (Å²) in [5.74, 6) is 0. The van der Waals surface area contributed by atoms with Gasteiger partial charge in [0.1, 0.15) is 17.7 Å². The molecule has 0 atom stereocenters. The molecule has 2 heteroatoms. The summed E-state index contributed by atoms with van der Waals surface area (Å²) in [6.45, 7) is 1.82. The third kappa shape index (κ3) is 3.08. The van der Waals surface area contributed by atoms with Gasteiger partial charge in [0.05, 0.1) is 0 Å². The Morgan fingerprint density at radius 3 is 2.22 bits per heavy atom. The summed E-state index contributed by atoms with van der Waals surface area (Å²) < 4.78 is 0. The van der Waals surface area contributed by atoms with E-state index < -0.39 is 0 Å². The fourth-order valence-corrected chi connectivity index (χ4v) is 0.292. The largest absolute Gasteiger partial charge is 0.192 e. The Balaban J connectivity index is 4.18. The molecule has 44 valence electrons. The normalized spacial score (nSPS) is 7.89. The SMILES string of the molecule is C/C=C\C=C(C#N)C#N. The highest BCUT2D eigenvalue weighted by atomic mass is 14.3. The summed E-state index contributed by atoms with van der Waals surface area (Å²) in [5, 5.41) is 16.4. The van der Waals surface area contributed by atoms with Gasteiger partial charge in [-0.25, -0.2) is 0 Å². The van der Waals surface area contributed by atoms with Crippen LogP contribution in [0, 0.1) is 22.7 Å². The molecule has 0 amide bonds. The zero-order valence-electron chi connectivity index (χ0n) is 5.13. The molecule has 0 aromatic heterocycles.